The number of ether oxygens (including phenoxy) is 1. The van der Waals surface area contributed by atoms with Gasteiger partial charge in [-0.15, -0.1) is 0 Å². The molecule has 0 unspecified atom stereocenters. The summed E-state index contributed by atoms with van der Waals surface area (Å²) in [5.74, 6) is 0.525. The van der Waals surface area contributed by atoms with Crippen molar-refractivity contribution in [3.05, 3.63) is 41.7 Å². The topological polar surface area (TPSA) is 34.4 Å². The van der Waals surface area contributed by atoms with Crippen LogP contribution in [0.5, 0.6) is 0 Å². The molecule has 0 aliphatic carbocycles. The third kappa shape index (κ3) is 4.63. The van der Waals surface area contributed by atoms with Crippen molar-refractivity contribution in [2.24, 2.45) is 5.92 Å². The van der Waals surface area contributed by atoms with Crippen LogP contribution in [-0.4, -0.2) is 49.3 Å². The maximum Gasteiger partial charge on any atom is 0.123 e. The Morgan fingerprint density at radius 3 is 2.61 bits per heavy atom. The summed E-state index contributed by atoms with van der Waals surface area (Å²) >= 11 is 0. The van der Waals surface area contributed by atoms with Crippen LogP contribution in [0.3, 0.4) is 0 Å². The molecule has 2 heterocycles. The molecular formula is C19H27FN2O. The highest BCUT2D eigenvalue weighted by Gasteiger charge is 2.43. The molecule has 2 aliphatic rings. The van der Waals surface area contributed by atoms with Gasteiger partial charge in [-0.1, -0.05) is 38.1 Å². The normalized spacial score (nSPS) is 26.8. The van der Waals surface area contributed by atoms with Gasteiger partial charge in [0.2, 0.25) is 0 Å². The van der Waals surface area contributed by atoms with Crippen LogP contribution >= 0.6 is 0 Å². The molecule has 0 amide bonds. The number of nitrogens with zero attached hydrogens (tertiary/aromatic N) is 1. The molecule has 2 saturated heterocycles. The zero-order valence-electron chi connectivity index (χ0n) is 14.0. The van der Waals surface area contributed by atoms with E-state index in [0.717, 1.165) is 31.9 Å². The van der Waals surface area contributed by atoms with Crippen molar-refractivity contribution >= 4 is 6.08 Å². The predicted molar refractivity (Wildman–Crippen MR) is 91.8 cm³/mol. The molecule has 3 rings (SSSR count). The Bertz CT molecular complexity index is 523. The lowest BCUT2D eigenvalue weighted by Crippen LogP contribution is -2.46. The highest BCUT2D eigenvalue weighted by molar-refractivity contribution is 5.50. The zero-order valence-corrected chi connectivity index (χ0v) is 14.0. The molecule has 23 heavy (non-hydrogen) atoms. The van der Waals surface area contributed by atoms with E-state index in [1.54, 1.807) is 0 Å². The molecule has 1 N–H and O–H groups in total. The van der Waals surface area contributed by atoms with Gasteiger partial charge in [0.15, 0.2) is 0 Å². The van der Waals surface area contributed by atoms with E-state index < -0.39 is 0 Å². The van der Waals surface area contributed by atoms with Gasteiger partial charge in [0, 0.05) is 31.2 Å². The Morgan fingerprint density at radius 1 is 1.26 bits per heavy atom. The summed E-state index contributed by atoms with van der Waals surface area (Å²) in [5.41, 5.74) is 1.05. The summed E-state index contributed by atoms with van der Waals surface area (Å²) in [5, 5.41) is 3.65. The fraction of sp³-hybridized carbons (Fsp3) is 0.579. The van der Waals surface area contributed by atoms with E-state index in [-0.39, 0.29) is 5.82 Å². The van der Waals surface area contributed by atoms with Crippen molar-refractivity contribution < 1.29 is 9.13 Å². The number of morpholine rings is 1. The Balaban J connectivity index is 1.68. The number of nitrogens with one attached hydrogen (secondary N) is 1. The number of hydrogen-bond acceptors (Lipinski definition) is 3. The van der Waals surface area contributed by atoms with Crippen molar-refractivity contribution in [3.8, 4) is 0 Å². The van der Waals surface area contributed by atoms with Gasteiger partial charge in [0.05, 0.1) is 13.2 Å². The predicted octanol–water partition coefficient (Wildman–Crippen LogP) is 2.93. The fourth-order valence-corrected chi connectivity index (χ4v) is 3.38. The van der Waals surface area contributed by atoms with E-state index in [4.69, 9.17) is 4.74 Å². The highest BCUT2D eigenvalue weighted by atomic mass is 19.1. The lowest BCUT2D eigenvalue weighted by molar-refractivity contribution is 0.0251. The van der Waals surface area contributed by atoms with Crippen LogP contribution in [0, 0.1) is 11.7 Å². The second-order valence-electron chi connectivity index (χ2n) is 6.98. The van der Waals surface area contributed by atoms with E-state index in [9.17, 15) is 4.39 Å². The molecule has 1 aromatic carbocycles. The third-order valence-electron chi connectivity index (χ3n) is 4.65. The van der Waals surface area contributed by atoms with Crippen molar-refractivity contribution in [3.63, 3.8) is 0 Å². The minimum Gasteiger partial charge on any atom is -0.379 e. The largest absolute Gasteiger partial charge is 0.379 e. The van der Waals surface area contributed by atoms with Crippen molar-refractivity contribution in [1.82, 2.24) is 10.2 Å². The number of benzene rings is 1. The van der Waals surface area contributed by atoms with Gasteiger partial charge < -0.3 is 10.1 Å². The van der Waals surface area contributed by atoms with Gasteiger partial charge in [-0.3, -0.25) is 4.90 Å². The van der Waals surface area contributed by atoms with Gasteiger partial charge in [-0.25, -0.2) is 4.39 Å². The summed E-state index contributed by atoms with van der Waals surface area (Å²) in [7, 11) is 0. The molecule has 2 fully saturated rings. The van der Waals surface area contributed by atoms with Gasteiger partial charge >= 0.3 is 0 Å². The Morgan fingerprint density at radius 2 is 1.96 bits per heavy atom. The number of rotatable bonds is 6. The van der Waals surface area contributed by atoms with E-state index in [1.165, 1.54) is 18.6 Å². The maximum absolute atomic E-state index is 13.0. The van der Waals surface area contributed by atoms with E-state index >= 15 is 0 Å². The van der Waals surface area contributed by atoms with Crippen LogP contribution in [0.4, 0.5) is 4.39 Å². The first-order valence-corrected chi connectivity index (χ1v) is 8.65. The van der Waals surface area contributed by atoms with Crippen LogP contribution in [0.1, 0.15) is 25.8 Å². The first-order valence-electron chi connectivity index (χ1n) is 8.65. The Labute approximate surface area is 138 Å². The van der Waals surface area contributed by atoms with E-state index in [1.807, 2.05) is 12.1 Å². The zero-order chi connectivity index (χ0) is 16.2. The summed E-state index contributed by atoms with van der Waals surface area (Å²) < 4.78 is 18.5. The van der Waals surface area contributed by atoms with Crippen LogP contribution in [-0.2, 0) is 4.74 Å². The smallest absolute Gasteiger partial charge is 0.123 e. The summed E-state index contributed by atoms with van der Waals surface area (Å²) in [4.78, 5) is 2.50. The fourth-order valence-electron chi connectivity index (χ4n) is 3.38. The van der Waals surface area contributed by atoms with Crippen molar-refractivity contribution in [1.29, 1.82) is 0 Å². The molecule has 2 aliphatic heterocycles. The molecule has 0 radical (unpaired) electrons. The monoisotopic (exact) mass is 318 g/mol. The first kappa shape index (κ1) is 16.6. The molecule has 3 atom stereocenters. The average Bonchev–Trinajstić information content (AvgIpc) is 3.28. The van der Waals surface area contributed by atoms with Gasteiger partial charge in [0.1, 0.15) is 5.82 Å². The third-order valence-corrected chi connectivity index (χ3v) is 4.65. The summed E-state index contributed by atoms with van der Waals surface area (Å²) in [6.45, 7) is 8.12. The standard InChI is InChI=1S/C19H27FN2O/c1-14(2)13-17-19(21-17)18(22-9-11-23-12-10-22)8-5-15-3-6-16(20)7-4-15/h3-8,14,17-19,21H,9-13H2,1-2H3/b8-5+/t17-,18+,19+/m0/s1. The molecular weight excluding hydrogens is 291 g/mol. The van der Waals surface area contributed by atoms with Gasteiger partial charge in [-0.2, -0.15) is 0 Å². The first-order chi connectivity index (χ1) is 11.1. The molecule has 0 spiro atoms. The van der Waals surface area contributed by atoms with Crippen LogP contribution in [0.15, 0.2) is 30.3 Å². The van der Waals surface area contributed by atoms with Gasteiger partial charge in [-0.05, 0) is 30.0 Å². The van der Waals surface area contributed by atoms with Crippen LogP contribution in [0.25, 0.3) is 6.08 Å². The highest BCUT2D eigenvalue weighted by Crippen LogP contribution is 2.27. The average molecular weight is 318 g/mol. The molecule has 0 aromatic heterocycles. The Kier molecular flexibility index (Phi) is 5.46. The minimum atomic E-state index is -0.187. The van der Waals surface area contributed by atoms with E-state index in [2.05, 4.69) is 36.2 Å². The molecule has 0 saturated carbocycles. The van der Waals surface area contributed by atoms with Crippen LogP contribution < -0.4 is 5.32 Å². The van der Waals surface area contributed by atoms with Crippen molar-refractivity contribution in [2.75, 3.05) is 26.3 Å². The lowest BCUT2D eigenvalue weighted by Gasteiger charge is -2.32. The second kappa shape index (κ2) is 7.56. The maximum atomic E-state index is 13.0. The molecule has 1 aromatic rings. The molecule has 4 heteroatoms. The van der Waals surface area contributed by atoms with Crippen LogP contribution in [0.2, 0.25) is 0 Å². The summed E-state index contributed by atoms with van der Waals surface area (Å²) in [6, 6.07) is 8.20. The van der Waals surface area contributed by atoms with E-state index in [0.29, 0.717) is 24.0 Å². The molecule has 0 bridgehead atoms. The lowest BCUT2D eigenvalue weighted by atomic mass is 10.0. The number of hydrogen-bond donors (Lipinski definition) is 1. The van der Waals surface area contributed by atoms with Gasteiger partial charge in [0.25, 0.3) is 0 Å². The summed E-state index contributed by atoms with van der Waals surface area (Å²) in [6.07, 6.45) is 5.61. The minimum absolute atomic E-state index is 0.187. The second-order valence-corrected chi connectivity index (χ2v) is 6.98. The molecule has 3 nitrogen and oxygen atoms in total. The van der Waals surface area contributed by atoms with Crippen molar-refractivity contribution in [2.45, 2.75) is 38.4 Å². The SMILES string of the molecule is CC(C)C[C@@H]1N[C@H]1[C@@H](/C=C/c1ccc(F)cc1)N1CCOCC1. The molecule has 126 valence electrons. The number of halogens is 1. The Hall–Kier alpha value is -1.23. The quantitative estimate of drug-likeness (QED) is 0.819.